The van der Waals surface area contributed by atoms with Crippen LogP contribution in [-0.4, -0.2) is 34.4 Å². The third-order valence-corrected chi connectivity index (χ3v) is 3.78. The molecule has 0 radical (unpaired) electrons. The molecule has 1 fully saturated rings. The number of rotatable bonds is 6. The van der Waals surface area contributed by atoms with Gasteiger partial charge in [-0.3, -0.25) is 0 Å². The van der Waals surface area contributed by atoms with Gasteiger partial charge in [0, 0.05) is 17.7 Å². The highest BCUT2D eigenvalue weighted by atomic mass is 16.5. The van der Waals surface area contributed by atoms with Crippen molar-refractivity contribution in [3.8, 4) is 17.2 Å². The summed E-state index contributed by atoms with van der Waals surface area (Å²) in [6, 6.07) is 3.84. The van der Waals surface area contributed by atoms with Gasteiger partial charge in [-0.2, -0.15) is 0 Å². The van der Waals surface area contributed by atoms with E-state index < -0.39 is 0 Å². The molecule has 1 saturated heterocycles. The van der Waals surface area contributed by atoms with E-state index in [0.717, 1.165) is 54.7 Å². The minimum Gasteiger partial charge on any atom is -0.496 e. The molecule has 1 aromatic rings. The standard InChI is InChI=1S/C15H23NO3/c1-17-12-8-14(18-2)13(15(9-12)19-3)5-4-11-6-7-16-10-11/h8-9,11,16H,4-7,10H2,1-3H3. The van der Waals surface area contributed by atoms with Crippen molar-refractivity contribution in [1.29, 1.82) is 0 Å². The molecule has 0 saturated carbocycles. The summed E-state index contributed by atoms with van der Waals surface area (Å²) < 4.78 is 16.2. The van der Waals surface area contributed by atoms with E-state index in [2.05, 4.69) is 5.32 Å². The van der Waals surface area contributed by atoms with Gasteiger partial charge in [0.05, 0.1) is 21.3 Å². The van der Waals surface area contributed by atoms with E-state index in [4.69, 9.17) is 14.2 Å². The molecule has 1 aromatic carbocycles. The van der Waals surface area contributed by atoms with Crippen LogP contribution < -0.4 is 19.5 Å². The first-order valence-electron chi connectivity index (χ1n) is 6.78. The van der Waals surface area contributed by atoms with Crippen molar-refractivity contribution >= 4 is 0 Å². The Morgan fingerprint density at radius 1 is 1.11 bits per heavy atom. The molecule has 0 amide bonds. The number of hydrogen-bond donors (Lipinski definition) is 1. The van der Waals surface area contributed by atoms with Crippen LogP contribution in [0.3, 0.4) is 0 Å². The van der Waals surface area contributed by atoms with Crippen molar-refractivity contribution < 1.29 is 14.2 Å². The molecule has 1 unspecified atom stereocenters. The van der Waals surface area contributed by atoms with Crippen LogP contribution in [0.1, 0.15) is 18.4 Å². The van der Waals surface area contributed by atoms with E-state index in [1.807, 2.05) is 12.1 Å². The molecule has 1 aliphatic rings. The van der Waals surface area contributed by atoms with Crippen molar-refractivity contribution in [3.63, 3.8) is 0 Å². The Bertz CT molecular complexity index is 389. The SMILES string of the molecule is COc1cc(OC)c(CCC2CCNC2)c(OC)c1. The molecule has 0 aromatic heterocycles. The maximum atomic E-state index is 5.47. The molecule has 4 nitrogen and oxygen atoms in total. The van der Waals surface area contributed by atoms with Gasteiger partial charge in [-0.15, -0.1) is 0 Å². The first-order chi connectivity index (χ1) is 9.28. The maximum absolute atomic E-state index is 5.47. The highest BCUT2D eigenvalue weighted by Gasteiger charge is 2.18. The van der Waals surface area contributed by atoms with Crippen molar-refractivity contribution in [2.45, 2.75) is 19.3 Å². The Labute approximate surface area is 115 Å². The number of ether oxygens (including phenoxy) is 3. The first kappa shape index (κ1) is 14.0. The van der Waals surface area contributed by atoms with Gasteiger partial charge >= 0.3 is 0 Å². The molecular weight excluding hydrogens is 242 g/mol. The van der Waals surface area contributed by atoms with Gasteiger partial charge in [0.25, 0.3) is 0 Å². The topological polar surface area (TPSA) is 39.7 Å². The summed E-state index contributed by atoms with van der Waals surface area (Å²) >= 11 is 0. The zero-order valence-electron chi connectivity index (χ0n) is 12.0. The second kappa shape index (κ2) is 6.66. The van der Waals surface area contributed by atoms with Crippen LogP contribution in [0.15, 0.2) is 12.1 Å². The second-order valence-electron chi connectivity index (χ2n) is 4.91. The van der Waals surface area contributed by atoms with Crippen molar-refractivity contribution in [1.82, 2.24) is 5.32 Å². The van der Waals surface area contributed by atoms with Crippen LogP contribution >= 0.6 is 0 Å². The molecule has 4 heteroatoms. The minimum absolute atomic E-state index is 0.761. The molecule has 1 aliphatic heterocycles. The molecule has 0 spiro atoms. The fourth-order valence-corrected chi connectivity index (χ4v) is 2.63. The zero-order chi connectivity index (χ0) is 13.7. The predicted octanol–water partition coefficient (Wildman–Crippen LogP) is 2.25. The van der Waals surface area contributed by atoms with Crippen LogP contribution in [-0.2, 0) is 6.42 Å². The van der Waals surface area contributed by atoms with Gasteiger partial charge in [-0.1, -0.05) is 0 Å². The number of nitrogens with one attached hydrogen (secondary N) is 1. The third-order valence-electron chi connectivity index (χ3n) is 3.78. The summed E-state index contributed by atoms with van der Waals surface area (Å²) in [5.74, 6) is 3.22. The summed E-state index contributed by atoms with van der Waals surface area (Å²) in [4.78, 5) is 0. The van der Waals surface area contributed by atoms with Gasteiger partial charge in [0.2, 0.25) is 0 Å². The average molecular weight is 265 g/mol. The summed E-state index contributed by atoms with van der Waals surface area (Å²) in [7, 11) is 5.03. The van der Waals surface area contributed by atoms with Gasteiger partial charge in [-0.25, -0.2) is 0 Å². The highest BCUT2D eigenvalue weighted by molar-refractivity contribution is 5.50. The quantitative estimate of drug-likeness (QED) is 0.856. The lowest BCUT2D eigenvalue weighted by Gasteiger charge is -2.16. The van der Waals surface area contributed by atoms with E-state index in [1.165, 1.54) is 6.42 Å². The second-order valence-corrected chi connectivity index (χ2v) is 4.91. The number of benzene rings is 1. The average Bonchev–Trinajstić information content (AvgIpc) is 2.97. The van der Waals surface area contributed by atoms with Gasteiger partial charge in [0.15, 0.2) is 0 Å². The minimum atomic E-state index is 0.761. The summed E-state index contributed by atoms with van der Waals surface area (Å²) in [5.41, 5.74) is 1.14. The summed E-state index contributed by atoms with van der Waals surface area (Å²) in [6.45, 7) is 2.27. The molecule has 0 bridgehead atoms. The summed E-state index contributed by atoms with van der Waals surface area (Å²) in [6.07, 6.45) is 3.40. The molecule has 0 aliphatic carbocycles. The normalized spacial score (nSPS) is 18.4. The van der Waals surface area contributed by atoms with Gasteiger partial charge in [-0.05, 0) is 38.3 Å². The third kappa shape index (κ3) is 3.32. The van der Waals surface area contributed by atoms with Gasteiger partial charge < -0.3 is 19.5 Å². The predicted molar refractivity (Wildman–Crippen MR) is 75.4 cm³/mol. The molecule has 1 atom stereocenters. The largest absolute Gasteiger partial charge is 0.496 e. The van der Waals surface area contributed by atoms with Crippen LogP contribution in [0.2, 0.25) is 0 Å². The highest BCUT2D eigenvalue weighted by Crippen LogP contribution is 2.35. The molecule has 2 rings (SSSR count). The smallest absolute Gasteiger partial charge is 0.129 e. The van der Waals surface area contributed by atoms with Crippen molar-refractivity contribution in [2.24, 2.45) is 5.92 Å². The van der Waals surface area contributed by atoms with Crippen molar-refractivity contribution in [3.05, 3.63) is 17.7 Å². The molecule has 1 heterocycles. The Morgan fingerprint density at radius 3 is 2.26 bits per heavy atom. The lowest BCUT2D eigenvalue weighted by Crippen LogP contribution is -2.10. The summed E-state index contributed by atoms with van der Waals surface area (Å²) in [5, 5.41) is 3.40. The zero-order valence-corrected chi connectivity index (χ0v) is 12.0. The first-order valence-corrected chi connectivity index (χ1v) is 6.78. The lowest BCUT2D eigenvalue weighted by atomic mass is 9.97. The molecule has 1 N–H and O–H groups in total. The molecular formula is C15H23NO3. The van der Waals surface area contributed by atoms with Crippen LogP contribution in [0, 0.1) is 5.92 Å². The van der Waals surface area contributed by atoms with E-state index in [9.17, 15) is 0 Å². The van der Waals surface area contributed by atoms with Crippen molar-refractivity contribution in [2.75, 3.05) is 34.4 Å². The lowest BCUT2D eigenvalue weighted by molar-refractivity contribution is 0.366. The maximum Gasteiger partial charge on any atom is 0.129 e. The van der Waals surface area contributed by atoms with E-state index in [-0.39, 0.29) is 0 Å². The van der Waals surface area contributed by atoms with E-state index in [0.29, 0.717) is 0 Å². The molecule has 106 valence electrons. The van der Waals surface area contributed by atoms with E-state index >= 15 is 0 Å². The fourth-order valence-electron chi connectivity index (χ4n) is 2.63. The van der Waals surface area contributed by atoms with Crippen LogP contribution in [0.4, 0.5) is 0 Å². The number of hydrogen-bond acceptors (Lipinski definition) is 4. The van der Waals surface area contributed by atoms with Crippen LogP contribution in [0.5, 0.6) is 17.2 Å². The number of methoxy groups -OCH3 is 3. The Hall–Kier alpha value is -1.42. The Kier molecular flexibility index (Phi) is 4.91. The van der Waals surface area contributed by atoms with E-state index in [1.54, 1.807) is 21.3 Å². The molecule has 19 heavy (non-hydrogen) atoms. The van der Waals surface area contributed by atoms with Gasteiger partial charge in [0.1, 0.15) is 17.2 Å². The Balaban J connectivity index is 2.16. The fraction of sp³-hybridized carbons (Fsp3) is 0.600. The monoisotopic (exact) mass is 265 g/mol. The Morgan fingerprint density at radius 2 is 1.79 bits per heavy atom. The van der Waals surface area contributed by atoms with Crippen LogP contribution in [0.25, 0.3) is 0 Å².